The molecular weight excluding hydrogens is 357 g/mol. The molecule has 0 spiro atoms. The summed E-state index contributed by atoms with van der Waals surface area (Å²) in [7, 11) is 0. The topological polar surface area (TPSA) is 78.9 Å². The van der Waals surface area contributed by atoms with Crippen molar-refractivity contribution in [1.82, 2.24) is 15.4 Å². The number of hydrogen-bond donors (Lipinski definition) is 2. The number of carboxylic acid groups (broad SMARTS) is 1. The van der Waals surface area contributed by atoms with Crippen molar-refractivity contribution in [2.45, 2.75) is 9.92 Å². The Morgan fingerprint density at radius 1 is 1.04 bits per heavy atom. The summed E-state index contributed by atoms with van der Waals surface area (Å²) in [4.78, 5) is 11.9. The minimum atomic E-state index is -1.09. The molecule has 3 aromatic rings. The summed E-state index contributed by atoms with van der Waals surface area (Å²) >= 11 is 13.2. The average molecular weight is 366 g/mol. The summed E-state index contributed by atoms with van der Waals surface area (Å²) in [5, 5.41) is 20.0. The lowest BCUT2D eigenvalue weighted by atomic mass is 10.1. The molecule has 0 bridgehead atoms. The van der Waals surface area contributed by atoms with Gasteiger partial charge in [-0.2, -0.15) is 0 Å². The Balaban J connectivity index is 1.83. The van der Waals surface area contributed by atoms with Gasteiger partial charge in [-0.15, -0.1) is 5.10 Å². The molecule has 0 saturated heterocycles. The number of benzene rings is 2. The maximum Gasteiger partial charge on any atom is 0.356 e. The number of hydrogen-bond acceptors (Lipinski definition) is 4. The Hall–Kier alpha value is -2.02. The first-order valence-corrected chi connectivity index (χ1v) is 7.99. The number of rotatable bonds is 4. The third-order valence-electron chi connectivity index (χ3n) is 3.05. The van der Waals surface area contributed by atoms with Crippen LogP contribution < -0.4 is 0 Å². The van der Waals surface area contributed by atoms with Gasteiger partial charge in [0.05, 0.1) is 10.0 Å². The van der Waals surface area contributed by atoms with Crippen molar-refractivity contribution in [3.63, 3.8) is 0 Å². The highest BCUT2D eigenvalue weighted by atomic mass is 35.5. The lowest BCUT2D eigenvalue weighted by molar-refractivity contribution is 0.0686. The first-order chi connectivity index (χ1) is 11.0. The van der Waals surface area contributed by atoms with Gasteiger partial charge >= 0.3 is 5.97 Å². The largest absolute Gasteiger partial charge is 0.476 e. The third kappa shape index (κ3) is 3.50. The molecule has 0 radical (unpaired) electrons. The van der Waals surface area contributed by atoms with Crippen molar-refractivity contribution in [2.75, 3.05) is 0 Å². The van der Waals surface area contributed by atoms with Crippen LogP contribution in [-0.2, 0) is 0 Å². The van der Waals surface area contributed by atoms with Gasteiger partial charge in [-0.05, 0) is 35.4 Å². The van der Waals surface area contributed by atoms with Gasteiger partial charge in [-0.1, -0.05) is 58.4 Å². The van der Waals surface area contributed by atoms with Crippen molar-refractivity contribution in [1.29, 1.82) is 0 Å². The smallest absolute Gasteiger partial charge is 0.356 e. The summed E-state index contributed by atoms with van der Waals surface area (Å²) in [5.41, 5.74) is 1.90. The standard InChI is InChI=1S/C15H9Cl2N3O2S/c16-11-6-3-9(7-12(11)17)8-1-4-10(5-2-8)23-14-13(15(21)22)18-20-19-14/h1-7H,(H,21,22)(H,18,19,20). The van der Waals surface area contributed by atoms with E-state index >= 15 is 0 Å². The molecule has 0 saturated carbocycles. The van der Waals surface area contributed by atoms with Crippen molar-refractivity contribution in [3.05, 3.63) is 58.2 Å². The highest BCUT2D eigenvalue weighted by molar-refractivity contribution is 7.99. The highest BCUT2D eigenvalue weighted by Crippen LogP contribution is 2.32. The fourth-order valence-electron chi connectivity index (χ4n) is 1.93. The van der Waals surface area contributed by atoms with E-state index in [9.17, 15) is 4.79 Å². The van der Waals surface area contributed by atoms with E-state index in [1.165, 1.54) is 11.8 Å². The molecule has 2 aromatic carbocycles. The molecular formula is C15H9Cl2N3O2S. The lowest BCUT2D eigenvalue weighted by Crippen LogP contribution is -1.98. The number of H-pyrrole nitrogens is 1. The zero-order valence-corrected chi connectivity index (χ0v) is 13.8. The first-order valence-electron chi connectivity index (χ1n) is 6.42. The number of halogens is 2. The second-order valence-electron chi connectivity index (χ2n) is 4.55. The highest BCUT2D eigenvalue weighted by Gasteiger charge is 2.15. The summed E-state index contributed by atoms with van der Waals surface area (Å²) in [6, 6.07) is 13.0. The zero-order chi connectivity index (χ0) is 16.4. The fourth-order valence-corrected chi connectivity index (χ4v) is 3.04. The zero-order valence-electron chi connectivity index (χ0n) is 11.5. The van der Waals surface area contributed by atoms with Gasteiger partial charge in [-0.3, -0.25) is 5.10 Å². The molecule has 0 unspecified atom stereocenters. The van der Waals surface area contributed by atoms with Gasteiger partial charge in [0, 0.05) is 4.90 Å². The quantitative estimate of drug-likeness (QED) is 0.704. The van der Waals surface area contributed by atoms with Crippen LogP contribution in [0.4, 0.5) is 0 Å². The van der Waals surface area contributed by atoms with Crippen molar-refractivity contribution >= 4 is 40.9 Å². The lowest BCUT2D eigenvalue weighted by Gasteiger charge is -2.05. The van der Waals surface area contributed by atoms with E-state index in [0.29, 0.717) is 15.1 Å². The second-order valence-corrected chi connectivity index (χ2v) is 6.43. The average Bonchev–Trinajstić information content (AvgIpc) is 2.99. The monoisotopic (exact) mass is 365 g/mol. The van der Waals surface area contributed by atoms with E-state index in [1.807, 2.05) is 30.3 Å². The summed E-state index contributed by atoms with van der Waals surface area (Å²) in [6.07, 6.45) is 0. The molecule has 116 valence electrons. The number of aromatic nitrogens is 3. The third-order valence-corrected chi connectivity index (χ3v) is 4.78. The number of nitrogens with one attached hydrogen (secondary N) is 1. The van der Waals surface area contributed by atoms with Gasteiger partial charge in [0.25, 0.3) is 0 Å². The van der Waals surface area contributed by atoms with Crippen LogP contribution in [0.25, 0.3) is 11.1 Å². The second kappa shape index (κ2) is 6.62. The summed E-state index contributed by atoms with van der Waals surface area (Å²) in [6.45, 7) is 0. The van der Waals surface area contributed by atoms with Gasteiger partial charge in [0.1, 0.15) is 0 Å². The van der Waals surface area contributed by atoms with Gasteiger partial charge in [-0.25, -0.2) is 4.79 Å². The van der Waals surface area contributed by atoms with Gasteiger partial charge in [0.15, 0.2) is 10.7 Å². The van der Waals surface area contributed by atoms with Crippen LogP contribution in [0, 0.1) is 0 Å². The normalized spacial score (nSPS) is 10.7. The summed E-state index contributed by atoms with van der Waals surface area (Å²) in [5.74, 6) is -1.09. The molecule has 2 N–H and O–H groups in total. The maximum absolute atomic E-state index is 11.0. The van der Waals surface area contributed by atoms with Crippen LogP contribution in [0.2, 0.25) is 10.0 Å². The molecule has 0 amide bonds. The number of nitrogens with zero attached hydrogens (tertiary/aromatic N) is 2. The van der Waals surface area contributed by atoms with Gasteiger partial charge < -0.3 is 5.11 Å². The predicted molar refractivity (Wildman–Crippen MR) is 89.4 cm³/mol. The number of aromatic amines is 1. The van der Waals surface area contributed by atoms with Gasteiger partial charge in [0.2, 0.25) is 0 Å². The van der Waals surface area contributed by atoms with E-state index in [-0.39, 0.29) is 5.69 Å². The molecule has 1 aromatic heterocycles. The molecule has 3 rings (SSSR count). The minimum absolute atomic E-state index is 0.0245. The van der Waals surface area contributed by atoms with Crippen molar-refractivity contribution in [2.24, 2.45) is 0 Å². The Morgan fingerprint density at radius 3 is 2.39 bits per heavy atom. The van der Waals surface area contributed by atoms with E-state index in [4.69, 9.17) is 28.3 Å². The number of aromatic carboxylic acids is 1. The molecule has 0 aliphatic rings. The van der Waals surface area contributed by atoms with Crippen LogP contribution >= 0.6 is 35.0 Å². The van der Waals surface area contributed by atoms with Crippen molar-refractivity contribution in [3.8, 4) is 11.1 Å². The van der Waals surface area contributed by atoms with Crippen LogP contribution in [0.5, 0.6) is 0 Å². The number of carboxylic acids is 1. The molecule has 1 heterocycles. The van der Waals surface area contributed by atoms with E-state index < -0.39 is 5.97 Å². The van der Waals surface area contributed by atoms with Crippen LogP contribution in [0.3, 0.4) is 0 Å². The van der Waals surface area contributed by atoms with Crippen LogP contribution in [0.1, 0.15) is 10.5 Å². The Kier molecular flexibility index (Phi) is 4.56. The van der Waals surface area contributed by atoms with E-state index in [2.05, 4.69) is 15.4 Å². The fraction of sp³-hybridized carbons (Fsp3) is 0. The number of carbonyl (C=O) groups is 1. The SMILES string of the molecule is O=C(O)c1[nH]nnc1Sc1ccc(-c2ccc(Cl)c(Cl)c2)cc1. The first kappa shape index (κ1) is 15.9. The molecule has 0 aliphatic carbocycles. The Bertz CT molecular complexity index is 865. The molecule has 0 aliphatic heterocycles. The van der Waals surface area contributed by atoms with Crippen LogP contribution in [-0.4, -0.2) is 26.5 Å². The minimum Gasteiger partial charge on any atom is -0.476 e. The molecule has 0 atom stereocenters. The van der Waals surface area contributed by atoms with E-state index in [1.54, 1.807) is 12.1 Å². The van der Waals surface area contributed by atoms with Crippen LogP contribution in [0.15, 0.2) is 52.4 Å². The molecule has 0 fully saturated rings. The molecule has 23 heavy (non-hydrogen) atoms. The van der Waals surface area contributed by atoms with Crippen molar-refractivity contribution < 1.29 is 9.90 Å². The summed E-state index contributed by atoms with van der Waals surface area (Å²) < 4.78 is 0. The molecule has 5 nitrogen and oxygen atoms in total. The predicted octanol–water partition coefficient (Wildman–Crippen LogP) is 4.63. The maximum atomic E-state index is 11.0. The van der Waals surface area contributed by atoms with E-state index in [0.717, 1.165) is 16.0 Å². The Labute approximate surface area is 145 Å². The Morgan fingerprint density at radius 2 is 1.74 bits per heavy atom. The molecule has 8 heteroatoms.